The molecule has 20 heavy (non-hydrogen) atoms. The fourth-order valence-electron chi connectivity index (χ4n) is 2.42. The smallest absolute Gasteiger partial charge is 0.410 e. The number of ether oxygens (including phenoxy) is 1. The summed E-state index contributed by atoms with van der Waals surface area (Å²) in [5.74, 6) is -0.156. The van der Waals surface area contributed by atoms with Gasteiger partial charge in [0.05, 0.1) is 7.11 Å². The molecule has 1 aliphatic rings. The third-order valence-electron chi connectivity index (χ3n) is 3.74. The lowest BCUT2D eigenvalue weighted by molar-refractivity contribution is -0.119. The van der Waals surface area contributed by atoms with Gasteiger partial charge < -0.3 is 10.1 Å². The second kappa shape index (κ2) is 5.94. The van der Waals surface area contributed by atoms with Gasteiger partial charge in [-0.05, 0) is 49.9 Å². The molecule has 0 aromatic heterocycles. The van der Waals surface area contributed by atoms with Crippen LogP contribution in [0.2, 0.25) is 0 Å². The number of hydrogen-bond acceptors (Lipinski definition) is 3. The standard InChI is InChI=1S/C15H20N2O3/c1-10-6-7-12(9-11(10)2)16-14(18)13-5-4-8-17(13)15(19)20-3/h6-7,9,13H,4-5,8H2,1-3H3,(H,16,18). The molecule has 2 rings (SSSR count). The van der Waals surface area contributed by atoms with Crippen LogP contribution in [0.15, 0.2) is 18.2 Å². The summed E-state index contributed by atoms with van der Waals surface area (Å²) in [6.07, 6.45) is 1.05. The molecule has 0 aliphatic carbocycles. The predicted molar refractivity (Wildman–Crippen MR) is 76.7 cm³/mol. The number of benzene rings is 1. The van der Waals surface area contributed by atoms with E-state index in [2.05, 4.69) is 5.32 Å². The molecule has 1 aromatic rings. The highest BCUT2D eigenvalue weighted by molar-refractivity contribution is 5.96. The van der Waals surface area contributed by atoms with Crippen LogP contribution in [-0.2, 0) is 9.53 Å². The summed E-state index contributed by atoms with van der Waals surface area (Å²) in [7, 11) is 1.33. The van der Waals surface area contributed by atoms with Gasteiger partial charge in [0.1, 0.15) is 6.04 Å². The van der Waals surface area contributed by atoms with Crippen molar-refractivity contribution in [3.63, 3.8) is 0 Å². The molecular weight excluding hydrogens is 256 g/mol. The molecule has 1 N–H and O–H groups in total. The van der Waals surface area contributed by atoms with E-state index < -0.39 is 12.1 Å². The Kier molecular flexibility index (Phi) is 4.27. The number of aryl methyl sites for hydroxylation is 2. The topological polar surface area (TPSA) is 58.6 Å². The Hall–Kier alpha value is -2.04. The van der Waals surface area contributed by atoms with Crippen molar-refractivity contribution in [2.45, 2.75) is 32.7 Å². The van der Waals surface area contributed by atoms with Crippen LogP contribution in [0.5, 0.6) is 0 Å². The van der Waals surface area contributed by atoms with Crippen molar-refractivity contribution in [1.29, 1.82) is 0 Å². The Morgan fingerprint density at radius 3 is 2.70 bits per heavy atom. The van der Waals surface area contributed by atoms with Gasteiger partial charge in [0, 0.05) is 12.2 Å². The van der Waals surface area contributed by atoms with E-state index in [1.54, 1.807) is 0 Å². The number of hydrogen-bond donors (Lipinski definition) is 1. The highest BCUT2D eigenvalue weighted by Gasteiger charge is 2.34. The number of likely N-dealkylation sites (tertiary alicyclic amines) is 1. The first-order valence-corrected chi connectivity index (χ1v) is 6.75. The van der Waals surface area contributed by atoms with Crippen molar-refractivity contribution in [1.82, 2.24) is 4.90 Å². The predicted octanol–water partition coefficient (Wildman–Crippen LogP) is 2.47. The van der Waals surface area contributed by atoms with E-state index in [4.69, 9.17) is 4.74 Å². The molecule has 1 fully saturated rings. The molecule has 1 aliphatic heterocycles. The molecule has 0 spiro atoms. The number of anilines is 1. The molecule has 108 valence electrons. The third-order valence-corrected chi connectivity index (χ3v) is 3.74. The van der Waals surface area contributed by atoms with E-state index >= 15 is 0 Å². The highest BCUT2D eigenvalue weighted by Crippen LogP contribution is 2.21. The Bertz CT molecular complexity index is 528. The summed E-state index contributed by atoms with van der Waals surface area (Å²) in [6, 6.07) is 5.34. The van der Waals surface area contributed by atoms with Gasteiger partial charge in [-0.2, -0.15) is 0 Å². The molecule has 1 unspecified atom stereocenters. The largest absolute Gasteiger partial charge is 0.453 e. The van der Waals surface area contributed by atoms with Gasteiger partial charge >= 0.3 is 6.09 Å². The van der Waals surface area contributed by atoms with Crippen LogP contribution >= 0.6 is 0 Å². The van der Waals surface area contributed by atoms with Crippen LogP contribution in [0.25, 0.3) is 0 Å². The minimum absolute atomic E-state index is 0.156. The Labute approximate surface area is 118 Å². The minimum Gasteiger partial charge on any atom is -0.453 e. The van der Waals surface area contributed by atoms with Crippen LogP contribution in [0, 0.1) is 13.8 Å². The second-order valence-corrected chi connectivity index (χ2v) is 5.11. The maximum Gasteiger partial charge on any atom is 0.410 e. The van der Waals surface area contributed by atoms with E-state index in [1.807, 2.05) is 32.0 Å². The molecule has 5 heteroatoms. The molecule has 1 aromatic carbocycles. The zero-order valence-corrected chi connectivity index (χ0v) is 12.1. The molecule has 0 saturated carbocycles. The summed E-state index contributed by atoms with van der Waals surface area (Å²) in [5.41, 5.74) is 3.06. The van der Waals surface area contributed by atoms with Gasteiger partial charge in [0.15, 0.2) is 0 Å². The molecule has 1 heterocycles. The molecule has 1 saturated heterocycles. The SMILES string of the molecule is COC(=O)N1CCCC1C(=O)Nc1ccc(C)c(C)c1. The molecule has 1 atom stereocenters. The first-order chi connectivity index (χ1) is 9.52. The van der Waals surface area contributed by atoms with Crippen LogP contribution in [-0.4, -0.2) is 36.6 Å². The number of amides is 2. The molecule has 0 bridgehead atoms. The van der Waals surface area contributed by atoms with Crippen LogP contribution < -0.4 is 5.32 Å². The van der Waals surface area contributed by atoms with Crippen molar-refractivity contribution in [3.05, 3.63) is 29.3 Å². The fourth-order valence-corrected chi connectivity index (χ4v) is 2.42. The zero-order chi connectivity index (χ0) is 14.7. The molecule has 0 radical (unpaired) electrons. The van der Waals surface area contributed by atoms with E-state index in [9.17, 15) is 9.59 Å². The van der Waals surface area contributed by atoms with Crippen molar-refractivity contribution >= 4 is 17.7 Å². The normalized spacial score (nSPS) is 17.9. The average Bonchev–Trinajstić information content (AvgIpc) is 2.91. The van der Waals surface area contributed by atoms with Gasteiger partial charge in [-0.15, -0.1) is 0 Å². The third kappa shape index (κ3) is 2.92. The maximum atomic E-state index is 12.3. The highest BCUT2D eigenvalue weighted by atomic mass is 16.5. The van der Waals surface area contributed by atoms with E-state index in [0.717, 1.165) is 17.7 Å². The van der Waals surface area contributed by atoms with Crippen molar-refractivity contribution in [2.24, 2.45) is 0 Å². The Morgan fingerprint density at radius 2 is 2.05 bits per heavy atom. The minimum atomic E-state index is -0.442. The lowest BCUT2D eigenvalue weighted by Gasteiger charge is -2.22. The first kappa shape index (κ1) is 14.4. The summed E-state index contributed by atoms with van der Waals surface area (Å²) < 4.78 is 4.71. The number of nitrogens with zero attached hydrogens (tertiary/aromatic N) is 1. The number of methoxy groups -OCH3 is 1. The number of rotatable bonds is 2. The summed E-state index contributed by atoms with van der Waals surface area (Å²) in [5, 5.41) is 2.87. The van der Waals surface area contributed by atoms with Crippen LogP contribution in [0.4, 0.5) is 10.5 Å². The molecular formula is C15H20N2O3. The number of nitrogens with one attached hydrogen (secondary N) is 1. The average molecular weight is 276 g/mol. The van der Waals surface area contributed by atoms with E-state index in [-0.39, 0.29) is 5.91 Å². The lowest BCUT2D eigenvalue weighted by Crippen LogP contribution is -2.43. The van der Waals surface area contributed by atoms with Crippen molar-refractivity contribution < 1.29 is 14.3 Å². The molecule has 2 amide bonds. The fraction of sp³-hybridized carbons (Fsp3) is 0.467. The van der Waals surface area contributed by atoms with Crippen molar-refractivity contribution in [2.75, 3.05) is 19.0 Å². The zero-order valence-electron chi connectivity index (χ0n) is 12.1. The van der Waals surface area contributed by atoms with Gasteiger partial charge in [0.2, 0.25) is 5.91 Å². The number of carbonyl (C=O) groups is 2. The quantitative estimate of drug-likeness (QED) is 0.902. The molecule has 5 nitrogen and oxygen atoms in total. The second-order valence-electron chi connectivity index (χ2n) is 5.11. The monoisotopic (exact) mass is 276 g/mol. The first-order valence-electron chi connectivity index (χ1n) is 6.75. The van der Waals surface area contributed by atoms with Crippen molar-refractivity contribution in [3.8, 4) is 0 Å². The maximum absolute atomic E-state index is 12.3. The Balaban J connectivity index is 2.07. The van der Waals surface area contributed by atoms with Gasteiger partial charge in [0.25, 0.3) is 0 Å². The van der Waals surface area contributed by atoms with Gasteiger partial charge in [-0.3, -0.25) is 9.69 Å². The number of carbonyl (C=O) groups excluding carboxylic acids is 2. The van der Waals surface area contributed by atoms with Gasteiger partial charge in [-0.1, -0.05) is 6.07 Å². The Morgan fingerprint density at radius 1 is 1.30 bits per heavy atom. The van der Waals surface area contributed by atoms with Gasteiger partial charge in [-0.25, -0.2) is 4.79 Å². The van der Waals surface area contributed by atoms with E-state index in [1.165, 1.54) is 17.6 Å². The van der Waals surface area contributed by atoms with Crippen LogP contribution in [0.1, 0.15) is 24.0 Å². The summed E-state index contributed by atoms with van der Waals surface area (Å²) in [4.78, 5) is 25.4. The summed E-state index contributed by atoms with van der Waals surface area (Å²) in [6.45, 7) is 4.59. The van der Waals surface area contributed by atoms with Crippen LogP contribution in [0.3, 0.4) is 0 Å². The van der Waals surface area contributed by atoms with E-state index in [0.29, 0.717) is 13.0 Å². The summed E-state index contributed by atoms with van der Waals surface area (Å²) >= 11 is 0. The lowest BCUT2D eigenvalue weighted by atomic mass is 10.1.